The van der Waals surface area contributed by atoms with Gasteiger partial charge in [-0.15, -0.1) is 0 Å². The lowest BCUT2D eigenvalue weighted by Crippen LogP contribution is -2.11. The summed E-state index contributed by atoms with van der Waals surface area (Å²) in [6.45, 7) is 0. The predicted octanol–water partition coefficient (Wildman–Crippen LogP) is 14.9. The Labute approximate surface area is 383 Å². The number of hydrogen-bond donors (Lipinski definition) is 0. The van der Waals surface area contributed by atoms with Gasteiger partial charge in [0.15, 0.2) is 11.6 Å². The zero-order valence-electron chi connectivity index (χ0n) is 35.5. The van der Waals surface area contributed by atoms with Gasteiger partial charge in [-0.25, -0.2) is 19.9 Å². The monoisotopic (exact) mass is 872 g/mol. The minimum Gasteiger partial charge on any atom is -0.308 e. The molecule has 3 aromatic heterocycles. The number of hydrogen-bond acceptors (Lipinski definition) is 5. The Balaban J connectivity index is 1.30. The molecule has 0 amide bonds. The van der Waals surface area contributed by atoms with Crippen LogP contribution in [0.3, 0.4) is 0 Å². The van der Waals surface area contributed by atoms with Crippen LogP contribution < -0.4 is 0 Å². The summed E-state index contributed by atoms with van der Waals surface area (Å²) in [6, 6.07) is 67.7. The van der Waals surface area contributed by atoms with Crippen molar-refractivity contribution in [1.29, 1.82) is 5.26 Å². The summed E-state index contributed by atoms with van der Waals surface area (Å²) in [4.78, 5) is 20.5. The zero-order chi connectivity index (χ0) is 45.5. The highest BCUT2D eigenvalue weighted by molar-refractivity contribution is 6.11. The van der Waals surface area contributed by atoms with E-state index in [9.17, 15) is 5.26 Å². The summed E-state index contributed by atoms with van der Waals surface area (Å²) >= 11 is 0. The third-order valence-electron chi connectivity index (χ3n) is 11.9. The van der Waals surface area contributed by atoms with E-state index in [4.69, 9.17) is 19.9 Å². The number of rotatable bonds is 8. The number of nitriles is 1. The third-order valence-corrected chi connectivity index (χ3v) is 11.9. The molecular weight excluding hydrogens is 838 g/mol. The molecule has 67 heavy (non-hydrogen) atoms. The lowest BCUT2D eigenvalue weighted by molar-refractivity contribution is -0.137. The second kappa shape index (κ2) is 16.8. The zero-order valence-corrected chi connectivity index (χ0v) is 35.5. The van der Waals surface area contributed by atoms with E-state index in [0.717, 1.165) is 61.8 Å². The van der Waals surface area contributed by atoms with Crippen molar-refractivity contribution in [2.24, 2.45) is 0 Å². The number of benzene rings is 8. The predicted molar refractivity (Wildman–Crippen MR) is 260 cm³/mol. The molecule has 0 unspecified atom stereocenters. The molecule has 0 aliphatic rings. The summed E-state index contributed by atoms with van der Waals surface area (Å²) in [5.41, 5.74) is 8.65. The first-order chi connectivity index (χ1) is 32.8. The van der Waals surface area contributed by atoms with Gasteiger partial charge in [0.25, 0.3) is 0 Å². The minimum atomic E-state index is -4.80. The van der Waals surface area contributed by atoms with Gasteiger partial charge in [-0.1, -0.05) is 158 Å². The third kappa shape index (κ3) is 7.77. The maximum atomic E-state index is 15.7. The summed E-state index contributed by atoms with van der Waals surface area (Å²) < 4.78 is 49.1. The molecule has 0 aliphatic carbocycles. The van der Waals surface area contributed by atoms with E-state index in [1.54, 1.807) is 6.07 Å². The van der Waals surface area contributed by atoms with Gasteiger partial charge in [-0.2, -0.15) is 18.4 Å². The van der Waals surface area contributed by atoms with Crippen LogP contribution in [0.2, 0.25) is 0 Å². The van der Waals surface area contributed by atoms with Crippen molar-refractivity contribution in [2.75, 3.05) is 0 Å². The van der Waals surface area contributed by atoms with E-state index in [1.807, 2.05) is 193 Å². The topological polar surface area (TPSA) is 80.3 Å². The average molecular weight is 873 g/mol. The second-order valence-electron chi connectivity index (χ2n) is 16.1. The molecule has 0 radical (unpaired) electrons. The Morgan fingerprint density at radius 2 is 0.806 bits per heavy atom. The summed E-state index contributed by atoms with van der Waals surface area (Å²) in [5, 5.41) is 11.5. The molecule has 0 spiro atoms. The maximum Gasteiger partial charge on any atom is 0.416 e. The minimum absolute atomic E-state index is 0.0842. The van der Waals surface area contributed by atoms with E-state index >= 15 is 13.2 Å². The number of nitrogens with zero attached hydrogens (tertiary/aromatic N) is 6. The largest absolute Gasteiger partial charge is 0.416 e. The van der Waals surface area contributed by atoms with Crippen molar-refractivity contribution in [3.05, 3.63) is 223 Å². The van der Waals surface area contributed by atoms with Crippen molar-refractivity contribution in [3.63, 3.8) is 0 Å². The number of fused-ring (bicyclic) bond motifs is 3. The lowest BCUT2D eigenvalue weighted by atomic mass is 9.98. The van der Waals surface area contributed by atoms with Gasteiger partial charge >= 0.3 is 6.18 Å². The van der Waals surface area contributed by atoms with Crippen LogP contribution in [0.5, 0.6) is 0 Å². The molecule has 3 heterocycles. The fourth-order valence-electron chi connectivity index (χ4n) is 8.70. The van der Waals surface area contributed by atoms with E-state index in [2.05, 4.69) is 12.1 Å². The maximum absolute atomic E-state index is 15.7. The summed E-state index contributed by atoms with van der Waals surface area (Å²) in [5.74, 6) is 0.168. The molecule has 6 nitrogen and oxygen atoms in total. The number of halogens is 3. The molecule has 0 N–H and O–H groups in total. The fourth-order valence-corrected chi connectivity index (χ4v) is 8.70. The van der Waals surface area contributed by atoms with E-state index in [-0.39, 0.29) is 22.8 Å². The van der Waals surface area contributed by atoms with E-state index in [0.29, 0.717) is 39.5 Å². The van der Waals surface area contributed by atoms with Crippen molar-refractivity contribution in [2.45, 2.75) is 6.18 Å². The van der Waals surface area contributed by atoms with Crippen LogP contribution in [0, 0.1) is 11.3 Å². The summed E-state index contributed by atoms with van der Waals surface area (Å²) in [7, 11) is 0. The molecular formula is C58H35F3N6. The van der Waals surface area contributed by atoms with E-state index < -0.39 is 11.7 Å². The van der Waals surface area contributed by atoms with Crippen LogP contribution in [0.1, 0.15) is 11.1 Å². The Hall–Kier alpha value is -9.00. The van der Waals surface area contributed by atoms with Gasteiger partial charge in [0.1, 0.15) is 0 Å². The first-order valence-electron chi connectivity index (χ1n) is 21.6. The molecule has 0 aliphatic heterocycles. The molecule has 0 bridgehead atoms. The van der Waals surface area contributed by atoms with E-state index in [1.165, 1.54) is 0 Å². The van der Waals surface area contributed by atoms with Crippen LogP contribution in [-0.4, -0.2) is 24.5 Å². The molecule has 0 fully saturated rings. The Morgan fingerprint density at radius 1 is 0.388 bits per heavy atom. The molecule has 0 saturated carbocycles. The second-order valence-corrected chi connectivity index (χ2v) is 16.1. The van der Waals surface area contributed by atoms with Crippen LogP contribution >= 0.6 is 0 Å². The van der Waals surface area contributed by atoms with Crippen LogP contribution in [0.25, 0.3) is 106 Å². The van der Waals surface area contributed by atoms with Crippen LogP contribution in [-0.2, 0) is 6.18 Å². The van der Waals surface area contributed by atoms with Gasteiger partial charge in [-0.3, -0.25) is 0 Å². The Kier molecular flexibility index (Phi) is 10.2. The number of para-hydroxylation sites is 1. The van der Waals surface area contributed by atoms with Crippen LogP contribution in [0.15, 0.2) is 212 Å². The quantitative estimate of drug-likeness (QED) is 0.152. The van der Waals surface area contributed by atoms with Crippen molar-refractivity contribution < 1.29 is 13.2 Å². The molecule has 0 atom stereocenters. The van der Waals surface area contributed by atoms with Gasteiger partial charge in [0.2, 0.25) is 0 Å². The Bertz CT molecular complexity index is 3410. The van der Waals surface area contributed by atoms with Gasteiger partial charge < -0.3 is 4.57 Å². The fraction of sp³-hybridized carbons (Fsp3) is 0.0172. The van der Waals surface area contributed by atoms with Gasteiger partial charge in [-0.05, 0) is 65.7 Å². The van der Waals surface area contributed by atoms with Crippen molar-refractivity contribution >= 4 is 21.8 Å². The van der Waals surface area contributed by atoms with Crippen molar-refractivity contribution in [1.82, 2.24) is 24.5 Å². The highest BCUT2D eigenvalue weighted by Gasteiger charge is 2.35. The first-order valence-corrected chi connectivity index (χ1v) is 21.6. The molecule has 9 heteroatoms. The SMILES string of the molecule is N#Cc1cccc(-c2ccc3c(c2)c2ccccc2n3-c2c(-c3nc(-c4ccccc4)cc(-c4ccccc4)n3)cc(C(F)(F)F)cc2-c2nc(-c3ccccc3)cc(-c3ccccc3)n2)c1. The van der Waals surface area contributed by atoms with Gasteiger partial charge in [0, 0.05) is 44.2 Å². The molecule has 11 aromatic rings. The van der Waals surface area contributed by atoms with Gasteiger partial charge in [0.05, 0.1) is 56.7 Å². The Morgan fingerprint density at radius 3 is 1.27 bits per heavy atom. The normalized spacial score (nSPS) is 11.5. The molecule has 11 rings (SSSR count). The summed E-state index contributed by atoms with van der Waals surface area (Å²) in [6.07, 6.45) is -4.80. The highest BCUT2D eigenvalue weighted by atomic mass is 19.4. The lowest BCUT2D eigenvalue weighted by Gasteiger charge is -2.21. The highest BCUT2D eigenvalue weighted by Crippen LogP contribution is 2.45. The number of alkyl halides is 3. The van der Waals surface area contributed by atoms with Crippen LogP contribution in [0.4, 0.5) is 13.2 Å². The first kappa shape index (κ1) is 40.8. The average Bonchev–Trinajstić information content (AvgIpc) is 3.72. The standard InChI is InChI=1S/C58H35F3N6/c59-58(60,61)44-32-47(56-63-49(38-17-5-1-6-18-38)34-50(64-56)39-19-7-2-8-20-39)55(48(33-44)57-65-51(40-21-9-3-10-22-40)35-52(66-57)41-23-11-4-12-24-41)67-53-27-14-13-26-45(53)46-31-43(28-29-54(46)67)42-25-15-16-37(30-42)36-62/h1-35H. The smallest absolute Gasteiger partial charge is 0.308 e. The molecule has 8 aromatic carbocycles. The molecule has 318 valence electrons. The van der Waals surface area contributed by atoms with Crippen molar-refractivity contribution in [3.8, 4) is 90.7 Å². The number of aromatic nitrogens is 5. The molecule has 0 saturated heterocycles.